The number of hydrogen-bond acceptors (Lipinski definition) is 4. The van der Waals surface area contributed by atoms with E-state index in [4.69, 9.17) is 9.47 Å². The summed E-state index contributed by atoms with van der Waals surface area (Å²) in [5.41, 5.74) is 22.1. The first kappa shape index (κ1) is 62.4. The number of rotatable bonds is 17. The Hall–Kier alpha value is -12.5. The Labute approximate surface area is 581 Å². The van der Waals surface area contributed by atoms with Crippen molar-refractivity contribution in [2.75, 3.05) is 9.80 Å². The van der Waals surface area contributed by atoms with Crippen LogP contribution in [0, 0.1) is 38.2 Å². The van der Waals surface area contributed by atoms with Gasteiger partial charge in [-0.15, -0.1) is 0 Å². The van der Waals surface area contributed by atoms with Crippen LogP contribution < -0.4 is 19.3 Å². The van der Waals surface area contributed by atoms with Crippen molar-refractivity contribution >= 4 is 46.3 Å². The highest BCUT2D eigenvalue weighted by molar-refractivity contribution is 5.92. The highest BCUT2D eigenvalue weighted by Crippen LogP contribution is 2.60. The molecule has 0 saturated carbocycles. The van der Waals surface area contributed by atoms with Crippen molar-refractivity contribution in [1.82, 2.24) is 0 Å². The number of aryl methyl sites for hydroxylation is 3. The van der Waals surface area contributed by atoms with Gasteiger partial charge in [-0.1, -0.05) is 189 Å². The summed E-state index contributed by atoms with van der Waals surface area (Å²) in [7, 11) is 0. The van der Waals surface area contributed by atoms with Crippen LogP contribution in [0.15, 0.2) is 329 Å². The van der Waals surface area contributed by atoms with Gasteiger partial charge in [0.25, 0.3) is 0 Å². The van der Waals surface area contributed by atoms with Crippen molar-refractivity contribution in [1.29, 1.82) is 0 Å². The minimum absolute atomic E-state index is 0.298. The maximum atomic E-state index is 15.9. The smallest absolute Gasteiger partial charge is 0.127 e. The van der Waals surface area contributed by atoms with Crippen molar-refractivity contribution in [2.24, 2.45) is 0 Å². The lowest BCUT2D eigenvalue weighted by Gasteiger charge is -2.35. The zero-order valence-electron chi connectivity index (χ0n) is 55.4. The molecule has 0 aromatic heterocycles. The van der Waals surface area contributed by atoms with Crippen LogP contribution in [0.25, 0.3) is 45.5 Å². The third-order valence-electron chi connectivity index (χ3n) is 20.1. The maximum absolute atomic E-state index is 15.9. The fourth-order valence-electron chi connectivity index (χ4n) is 15.1. The van der Waals surface area contributed by atoms with Gasteiger partial charge in [0, 0.05) is 34.1 Å². The molecule has 0 fully saturated rings. The van der Waals surface area contributed by atoms with E-state index in [0.717, 1.165) is 129 Å². The first-order valence-corrected chi connectivity index (χ1v) is 33.5. The normalized spacial score (nSPS) is 14.7. The third-order valence-corrected chi connectivity index (χ3v) is 20.1. The quantitative estimate of drug-likeness (QED) is 0.0907. The average molecular weight is 1300 g/mol. The van der Waals surface area contributed by atoms with Gasteiger partial charge in [0.05, 0.1) is 10.8 Å². The molecule has 0 aliphatic heterocycles. The molecule has 482 valence electrons. The van der Waals surface area contributed by atoms with Crippen LogP contribution in [0.3, 0.4) is 0 Å². The summed E-state index contributed by atoms with van der Waals surface area (Å²) in [5.74, 6) is 1.79. The lowest BCUT2D eigenvalue weighted by molar-refractivity contribution is 0.482. The number of ether oxygens (including phenoxy) is 2. The van der Waals surface area contributed by atoms with Crippen molar-refractivity contribution in [3.63, 3.8) is 0 Å². The monoisotopic (exact) mass is 1300 g/mol. The third kappa shape index (κ3) is 10.8. The molecule has 0 N–H and O–H groups in total. The van der Waals surface area contributed by atoms with Crippen LogP contribution in [-0.2, 0) is 10.8 Å². The zero-order chi connectivity index (χ0) is 68.2. The van der Waals surface area contributed by atoms with Crippen molar-refractivity contribution < 1.29 is 22.6 Å². The second-order valence-corrected chi connectivity index (χ2v) is 25.8. The molecule has 16 rings (SSSR count). The van der Waals surface area contributed by atoms with Crippen molar-refractivity contribution in [3.8, 4) is 56.4 Å². The molecular formula is C93H67F3N2O2. The molecule has 0 heterocycles. The Bertz CT molecular complexity index is 5130. The van der Waals surface area contributed by atoms with Crippen LogP contribution >= 0.6 is 0 Å². The molecule has 0 saturated heterocycles. The summed E-state index contributed by atoms with van der Waals surface area (Å²) < 4.78 is 60.0. The number of halogens is 3. The van der Waals surface area contributed by atoms with E-state index >= 15 is 13.2 Å². The van der Waals surface area contributed by atoms with Crippen molar-refractivity contribution in [2.45, 2.75) is 31.6 Å². The highest BCUT2D eigenvalue weighted by Gasteiger charge is 2.48. The predicted octanol–water partition coefficient (Wildman–Crippen LogP) is 25.2. The van der Waals surface area contributed by atoms with Crippen LogP contribution in [0.4, 0.5) is 47.3 Å². The molecule has 0 spiro atoms. The number of fused-ring (bicyclic) bond motifs is 6. The molecule has 14 aromatic rings. The average Bonchev–Trinajstić information content (AvgIpc) is 1.54. The van der Waals surface area contributed by atoms with Gasteiger partial charge in [-0.05, 0) is 278 Å². The van der Waals surface area contributed by atoms with E-state index in [2.05, 4.69) is 207 Å². The molecule has 2 atom stereocenters. The second-order valence-electron chi connectivity index (χ2n) is 25.8. The molecule has 0 bridgehead atoms. The number of anilines is 6. The summed E-state index contributed by atoms with van der Waals surface area (Å²) in [4.78, 5) is 4.48. The largest absolute Gasteiger partial charge is 0.457 e. The lowest BCUT2D eigenvalue weighted by atomic mass is 9.67. The topological polar surface area (TPSA) is 24.9 Å². The SMILES string of the molecule is C=Cc1ccc(Oc2ccc(C3(c4cccc(F)c4)c4ccccc4-c4ccc(N(c5ccc(-c6ccc(N(c7ccc(F)c(C)c7)c7ccc8c(c7)C(c7ccc(Oc9ccc(C=C)cc9)cc7)(c7cccc(F)c7)c7ccccc7-8)cc6)cc5)c5ccc(C)c(C)c5)cc43)cc2)cc1. The summed E-state index contributed by atoms with van der Waals surface area (Å²) in [6, 6.07) is 105. The van der Waals surface area contributed by atoms with E-state index in [0.29, 0.717) is 28.6 Å². The maximum Gasteiger partial charge on any atom is 0.127 e. The van der Waals surface area contributed by atoms with Gasteiger partial charge >= 0.3 is 0 Å². The molecule has 100 heavy (non-hydrogen) atoms. The highest BCUT2D eigenvalue weighted by atomic mass is 19.1. The van der Waals surface area contributed by atoms with Gasteiger partial charge in [0.2, 0.25) is 0 Å². The van der Waals surface area contributed by atoms with E-state index in [-0.39, 0.29) is 17.5 Å². The van der Waals surface area contributed by atoms with Gasteiger partial charge in [-0.2, -0.15) is 0 Å². The van der Waals surface area contributed by atoms with Gasteiger partial charge < -0.3 is 19.3 Å². The van der Waals surface area contributed by atoms with E-state index in [9.17, 15) is 0 Å². The van der Waals surface area contributed by atoms with E-state index in [1.165, 1.54) is 23.8 Å². The number of nitrogens with zero attached hydrogens (tertiary/aromatic N) is 2. The van der Waals surface area contributed by atoms with Crippen LogP contribution in [0.5, 0.6) is 23.0 Å². The Morgan fingerprint density at radius 1 is 0.290 bits per heavy atom. The van der Waals surface area contributed by atoms with Gasteiger partial charge in [0.1, 0.15) is 40.4 Å². The molecular weight excluding hydrogens is 1230 g/mol. The minimum Gasteiger partial charge on any atom is -0.457 e. The first-order valence-electron chi connectivity index (χ1n) is 33.5. The van der Waals surface area contributed by atoms with Gasteiger partial charge in [0.15, 0.2) is 0 Å². The lowest BCUT2D eigenvalue weighted by Crippen LogP contribution is -2.29. The number of hydrogen-bond donors (Lipinski definition) is 0. The van der Waals surface area contributed by atoms with E-state index in [1.54, 1.807) is 37.3 Å². The van der Waals surface area contributed by atoms with Crippen LogP contribution in [-0.4, -0.2) is 0 Å². The standard InChI is InChI=1S/C93H67F3N2O2/c1-6-63-23-43-79(44-24-63)99-81-47-31-67(32-48-81)92(69-14-12-16-71(94)56-69)87-20-10-8-18-83(87)85-51-40-77(58-89(85)92)97(75-35-22-60(3)61(4)54-75)73-36-27-65(28-37-73)66-29-38-74(39-30-66)98(76-42-53-91(96)62(5)55-76)78-41-52-86-84-19-9-11-21-88(84)93(90(86)59-78,70-15-13-17-72(95)57-70)68-33-49-82(50-34-68)100-80-45-25-64(7-2)26-46-80/h6-59H,1-2H2,3-5H3. The number of benzene rings is 14. The molecule has 4 nitrogen and oxygen atoms in total. The fraction of sp³-hybridized carbons (Fsp3) is 0.0538. The molecule has 0 radical (unpaired) electrons. The second kappa shape index (κ2) is 25.5. The van der Waals surface area contributed by atoms with Crippen LogP contribution in [0.2, 0.25) is 0 Å². The molecule has 7 heteroatoms. The Balaban J connectivity index is 0.776. The zero-order valence-corrected chi connectivity index (χ0v) is 55.4. The van der Waals surface area contributed by atoms with E-state index in [1.807, 2.05) is 109 Å². The Kier molecular flexibility index (Phi) is 15.9. The summed E-state index contributed by atoms with van der Waals surface area (Å²) in [5, 5.41) is 0. The minimum atomic E-state index is -0.966. The summed E-state index contributed by atoms with van der Waals surface area (Å²) >= 11 is 0. The molecule has 2 unspecified atom stereocenters. The first-order chi connectivity index (χ1) is 48.9. The molecule has 0 amide bonds. The Morgan fingerprint density at radius 2 is 0.650 bits per heavy atom. The summed E-state index contributed by atoms with van der Waals surface area (Å²) in [6.45, 7) is 13.9. The molecule has 2 aliphatic carbocycles. The van der Waals surface area contributed by atoms with Crippen LogP contribution in [0.1, 0.15) is 72.3 Å². The molecule has 14 aromatic carbocycles. The van der Waals surface area contributed by atoms with Gasteiger partial charge in [-0.25, -0.2) is 13.2 Å². The Morgan fingerprint density at radius 3 is 1.05 bits per heavy atom. The predicted molar refractivity (Wildman–Crippen MR) is 403 cm³/mol. The van der Waals surface area contributed by atoms with Gasteiger partial charge in [-0.3, -0.25) is 0 Å². The van der Waals surface area contributed by atoms with E-state index < -0.39 is 10.8 Å². The van der Waals surface area contributed by atoms with Crippen molar-refractivity contribution in [3.05, 3.63) is 418 Å². The fourth-order valence-corrected chi connectivity index (χ4v) is 15.1. The molecule has 2 aliphatic rings. The summed E-state index contributed by atoms with van der Waals surface area (Å²) in [6.07, 6.45) is 3.61.